The normalized spacial score (nSPS) is 11.4. The van der Waals surface area contributed by atoms with Crippen LogP contribution < -0.4 is 10.6 Å². The smallest absolute Gasteiger partial charge is 0.326 e. The number of halogens is 2. The SMILES string of the molecule is C[C@@H](OC(=O)CNC(=O)Cc1ccccc1)C(=O)Nc1cc(Cl)cc(Cl)c1. The van der Waals surface area contributed by atoms with Gasteiger partial charge in [0.1, 0.15) is 6.54 Å². The van der Waals surface area contributed by atoms with Gasteiger partial charge in [-0.2, -0.15) is 0 Å². The zero-order chi connectivity index (χ0) is 19.8. The summed E-state index contributed by atoms with van der Waals surface area (Å²) in [6.45, 7) is 1.09. The highest BCUT2D eigenvalue weighted by Gasteiger charge is 2.18. The van der Waals surface area contributed by atoms with Crippen LogP contribution in [0.1, 0.15) is 12.5 Å². The molecule has 0 spiro atoms. The molecule has 6 nitrogen and oxygen atoms in total. The first kappa shape index (κ1) is 20.7. The van der Waals surface area contributed by atoms with Gasteiger partial charge >= 0.3 is 5.97 Å². The summed E-state index contributed by atoms with van der Waals surface area (Å²) in [7, 11) is 0. The summed E-state index contributed by atoms with van der Waals surface area (Å²) in [4.78, 5) is 35.7. The fourth-order valence-corrected chi connectivity index (χ4v) is 2.70. The van der Waals surface area contributed by atoms with E-state index < -0.39 is 18.0 Å². The fraction of sp³-hybridized carbons (Fsp3) is 0.211. The van der Waals surface area contributed by atoms with E-state index >= 15 is 0 Å². The lowest BCUT2D eigenvalue weighted by Gasteiger charge is -2.14. The number of amides is 2. The maximum Gasteiger partial charge on any atom is 0.326 e. The van der Waals surface area contributed by atoms with Crippen LogP contribution in [0.4, 0.5) is 5.69 Å². The quantitative estimate of drug-likeness (QED) is 0.688. The molecule has 0 aliphatic heterocycles. The number of hydrogen-bond donors (Lipinski definition) is 2. The molecule has 0 unspecified atom stereocenters. The van der Waals surface area contributed by atoms with Crippen molar-refractivity contribution in [1.82, 2.24) is 5.32 Å². The second-order valence-electron chi connectivity index (χ2n) is 5.72. The van der Waals surface area contributed by atoms with Gasteiger partial charge in [0.15, 0.2) is 6.10 Å². The highest BCUT2D eigenvalue weighted by molar-refractivity contribution is 6.35. The first-order valence-corrected chi connectivity index (χ1v) is 8.86. The minimum absolute atomic E-state index is 0.152. The number of carbonyl (C=O) groups excluding carboxylic acids is 3. The molecule has 2 N–H and O–H groups in total. The second-order valence-corrected chi connectivity index (χ2v) is 6.59. The third-order valence-electron chi connectivity index (χ3n) is 3.44. The van der Waals surface area contributed by atoms with Crippen LogP contribution >= 0.6 is 23.2 Å². The predicted octanol–water partition coefficient (Wildman–Crippen LogP) is 3.22. The minimum Gasteiger partial charge on any atom is -0.451 e. The summed E-state index contributed by atoms with van der Waals surface area (Å²) in [6.07, 6.45) is -0.902. The third-order valence-corrected chi connectivity index (χ3v) is 3.88. The largest absolute Gasteiger partial charge is 0.451 e. The Morgan fingerprint density at radius 3 is 2.30 bits per heavy atom. The highest BCUT2D eigenvalue weighted by atomic mass is 35.5. The number of ether oxygens (including phenoxy) is 1. The van der Waals surface area contributed by atoms with E-state index in [4.69, 9.17) is 27.9 Å². The van der Waals surface area contributed by atoms with E-state index in [0.717, 1.165) is 5.56 Å². The predicted molar refractivity (Wildman–Crippen MR) is 104 cm³/mol. The first-order valence-electron chi connectivity index (χ1n) is 8.10. The average molecular weight is 409 g/mol. The molecule has 0 aliphatic rings. The van der Waals surface area contributed by atoms with Gasteiger partial charge in [-0.3, -0.25) is 14.4 Å². The van der Waals surface area contributed by atoms with Gasteiger partial charge in [-0.15, -0.1) is 0 Å². The van der Waals surface area contributed by atoms with Crippen molar-refractivity contribution in [1.29, 1.82) is 0 Å². The Balaban J connectivity index is 1.77. The molecule has 1 atom stereocenters. The van der Waals surface area contributed by atoms with Crippen LogP contribution in [-0.2, 0) is 25.5 Å². The molecule has 142 valence electrons. The van der Waals surface area contributed by atoms with E-state index in [-0.39, 0.29) is 18.9 Å². The molecule has 27 heavy (non-hydrogen) atoms. The molecule has 2 aromatic carbocycles. The molecular weight excluding hydrogens is 391 g/mol. The van der Waals surface area contributed by atoms with Gasteiger partial charge in [0.05, 0.1) is 6.42 Å². The molecule has 0 saturated carbocycles. The van der Waals surface area contributed by atoms with E-state index in [1.807, 2.05) is 30.3 Å². The van der Waals surface area contributed by atoms with Crippen LogP contribution in [0.25, 0.3) is 0 Å². The summed E-state index contributed by atoms with van der Waals surface area (Å²) in [5, 5.41) is 5.74. The van der Waals surface area contributed by atoms with E-state index in [1.54, 1.807) is 0 Å². The van der Waals surface area contributed by atoms with E-state index in [2.05, 4.69) is 10.6 Å². The van der Waals surface area contributed by atoms with Crippen LogP contribution in [0, 0.1) is 0 Å². The molecule has 8 heteroatoms. The van der Waals surface area contributed by atoms with Crippen molar-refractivity contribution >= 4 is 46.7 Å². The molecule has 2 rings (SSSR count). The van der Waals surface area contributed by atoms with E-state index in [9.17, 15) is 14.4 Å². The van der Waals surface area contributed by atoms with Crippen molar-refractivity contribution in [2.24, 2.45) is 0 Å². The zero-order valence-corrected chi connectivity index (χ0v) is 16.0. The summed E-state index contributed by atoms with van der Waals surface area (Å²) in [6, 6.07) is 13.7. The molecule has 0 bridgehead atoms. The molecule has 0 aromatic heterocycles. The van der Waals surface area contributed by atoms with Gasteiger partial charge in [-0.25, -0.2) is 0 Å². The topological polar surface area (TPSA) is 84.5 Å². The van der Waals surface area contributed by atoms with Gasteiger partial charge in [0.25, 0.3) is 5.91 Å². The molecule has 0 heterocycles. The number of nitrogens with one attached hydrogen (secondary N) is 2. The van der Waals surface area contributed by atoms with Gasteiger partial charge in [-0.05, 0) is 30.7 Å². The van der Waals surface area contributed by atoms with Crippen molar-refractivity contribution in [3.63, 3.8) is 0 Å². The Bertz CT molecular complexity index is 807. The van der Waals surface area contributed by atoms with Crippen molar-refractivity contribution in [2.45, 2.75) is 19.4 Å². The van der Waals surface area contributed by atoms with Gasteiger partial charge in [0.2, 0.25) is 5.91 Å². The van der Waals surface area contributed by atoms with Crippen LogP contribution in [-0.4, -0.2) is 30.4 Å². The maximum atomic E-state index is 12.1. The Kier molecular flexibility index (Phi) is 7.64. The zero-order valence-electron chi connectivity index (χ0n) is 14.5. The lowest BCUT2D eigenvalue weighted by molar-refractivity contribution is -0.152. The first-order chi connectivity index (χ1) is 12.8. The highest BCUT2D eigenvalue weighted by Crippen LogP contribution is 2.22. The number of esters is 1. The van der Waals surface area contributed by atoms with E-state index in [1.165, 1.54) is 25.1 Å². The molecule has 0 fully saturated rings. The number of rotatable bonds is 7. The molecule has 2 aromatic rings. The summed E-state index contributed by atoms with van der Waals surface area (Å²) >= 11 is 11.7. The number of hydrogen-bond acceptors (Lipinski definition) is 4. The van der Waals surface area contributed by atoms with Gasteiger partial charge in [-0.1, -0.05) is 53.5 Å². The Labute approximate surface area is 166 Å². The van der Waals surface area contributed by atoms with Crippen LogP contribution in [0.5, 0.6) is 0 Å². The third kappa shape index (κ3) is 7.29. The lowest BCUT2D eigenvalue weighted by atomic mass is 10.1. The maximum absolute atomic E-state index is 12.1. The molecular formula is C19H18Cl2N2O4. The molecule has 0 aliphatic carbocycles. The standard InChI is InChI=1S/C19H18Cl2N2O4/c1-12(19(26)23-16-9-14(20)8-15(21)10-16)27-18(25)11-22-17(24)7-13-5-3-2-4-6-13/h2-6,8-10,12H,7,11H2,1H3,(H,22,24)(H,23,26)/t12-/m1/s1. The van der Waals surface area contributed by atoms with Crippen molar-refractivity contribution in [2.75, 3.05) is 11.9 Å². The average Bonchev–Trinajstić information content (AvgIpc) is 2.60. The monoisotopic (exact) mass is 408 g/mol. The van der Waals surface area contributed by atoms with E-state index in [0.29, 0.717) is 15.7 Å². The number of benzene rings is 2. The number of carbonyl (C=O) groups is 3. The lowest BCUT2D eigenvalue weighted by Crippen LogP contribution is -2.36. The number of anilines is 1. The molecule has 0 saturated heterocycles. The minimum atomic E-state index is -1.05. The Hall–Kier alpha value is -2.57. The van der Waals surface area contributed by atoms with Crippen LogP contribution in [0.15, 0.2) is 48.5 Å². The summed E-state index contributed by atoms with van der Waals surface area (Å²) < 4.78 is 5.01. The van der Waals surface area contributed by atoms with Crippen LogP contribution in [0.2, 0.25) is 10.0 Å². The van der Waals surface area contributed by atoms with Crippen LogP contribution in [0.3, 0.4) is 0 Å². The van der Waals surface area contributed by atoms with Crippen molar-refractivity contribution < 1.29 is 19.1 Å². The summed E-state index contributed by atoms with van der Waals surface area (Å²) in [5.41, 5.74) is 1.22. The Morgan fingerprint density at radius 2 is 1.67 bits per heavy atom. The van der Waals surface area contributed by atoms with Crippen molar-refractivity contribution in [3.05, 3.63) is 64.1 Å². The van der Waals surface area contributed by atoms with Crippen molar-refractivity contribution in [3.8, 4) is 0 Å². The summed E-state index contributed by atoms with van der Waals surface area (Å²) in [5.74, 6) is -1.58. The Morgan fingerprint density at radius 1 is 1.04 bits per heavy atom. The second kappa shape index (κ2) is 9.94. The molecule has 2 amide bonds. The van der Waals surface area contributed by atoms with Gasteiger partial charge in [0, 0.05) is 15.7 Å². The van der Waals surface area contributed by atoms with Gasteiger partial charge < -0.3 is 15.4 Å². The fourth-order valence-electron chi connectivity index (χ4n) is 2.18. The molecule has 0 radical (unpaired) electrons.